The molecule has 0 heterocycles. The molecule has 0 radical (unpaired) electrons. The summed E-state index contributed by atoms with van der Waals surface area (Å²) >= 11 is 0. The summed E-state index contributed by atoms with van der Waals surface area (Å²) in [6.45, 7) is 6.38. The number of likely N-dealkylation sites (N-methyl/N-ethyl adjacent to an activating group) is 2. The number of phenols is 1. The van der Waals surface area contributed by atoms with E-state index in [1.807, 2.05) is 13.8 Å². The number of carbonyl (C=O) groups excluding carboxylic acids is 2. The Morgan fingerprint density at radius 2 is 2.00 bits per heavy atom. The lowest BCUT2D eigenvalue weighted by molar-refractivity contribution is -0.121. The number of aryl methyl sites for hydroxylation is 1. The molecule has 2 N–H and O–H groups in total. The van der Waals surface area contributed by atoms with E-state index < -0.39 is 0 Å². The van der Waals surface area contributed by atoms with Crippen LogP contribution in [0.4, 0.5) is 0 Å². The van der Waals surface area contributed by atoms with E-state index in [2.05, 4.69) is 5.32 Å². The predicted molar refractivity (Wildman–Crippen MR) is 73.1 cm³/mol. The summed E-state index contributed by atoms with van der Waals surface area (Å²) in [5.41, 5.74) is 1.09. The molecule has 0 aliphatic heterocycles. The van der Waals surface area contributed by atoms with Gasteiger partial charge in [-0.15, -0.1) is 0 Å². The molecule has 1 aromatic carbocycles. The van der Waals surface area contributed by atoms with Crippen molar-refractivity contribution < 1.29 is 14.7 Å². The van der Waals surface area contributed by atoms with Gasteiger partial charge in [0.15, 0.2) is 0 Å². The Labute approximate surface area is 113 Å². The van der Waals surface area contributed by atoms with Gasteiger partial charge in [0.25, 0.3) is 5.91 Å². The van der Waals surface area contributed by atoms with Gasteiger partial charge in [0, 0.05) is 13.1 Å². The van der Waals surface area contributed by atoms with Crippen molar-refractivity contribution in [3.8, 4) is 5.75 Å². The van der Waals surface area contributed by atoms with Crippen molar-refractivity contribution in [3.63, 3.8) is 0 Å². The number of nitrogens with zero attached hydrogens (tertiary/aromatic N) is 1. The smallest absolute Gasteiger partial charge is 0.258 e. The van der Waals surface area contributed by atoms with Crippen LogP contribution in [0.5, 0.6) is 5.75 Å². The maximum absolute atomic E-state index is 12.2. The molecule has 0 saturated carbocycles. The summed E-state index contributed by atoms with van der Waals surface area (Å²) in [6, 6.07) is 4.87. The molecule has 0 spiro atoms. The fraction of sp³-hybridized carbons (Fsp3) is 0.429. The maximum Gasteiger partial charge on any atom is 0.258 e. The molecule has 0 aliphatic carbocycles. The number of nitrogens with one attached hydrogen (secondary N) is 1. The van der Waals surface area contributed by atoms with Gasteiger partial charge >= 0.3 is 0 Å². The maximum atomic E-state index is 12.2. The lowest BCUT2D eigenvalue weighted by Gasteiger charge is -2.20. The Morgan fingerprint density at radius 3 is 2.53 bits per heavy atom. The van der Waals surface area contributed by atoms with E-state index in [0.717, 1.165) is 5.56 Å². The predicted octanol–water partition coefficient (Wildman–Crippen LogP) is 1.30. The molecule has 5 nitrogen and oxygen atoms in total. The van der Waals surface area contributed by atoms with E-state index in [1.165, 1.54) is 11.0 Å². The SMILES string of the molecule is CCNC(=O)CN(CC)C(=O)c1ccc(C)cc1O. The number of rotatable bonds is 5. The zero-order chi connectivity index (χ0) is 14.4. The van der Waals surface area contributed by atoms with E-state index in [0.29, 0.717) is 13.1 Å². The minimum absolute atomic E-state index is 0.00348. The summed E-state index contributed by atoms with van der Waals surface area (Å²) in [4.78, 5) is 25.2. The zero-order valence-electron chi connectivity index (χ0n) is 11.6. The second kappa shape index (κ2) is 6.78. The van der Waals surface area contributed by atoms with Crippen LogP contribution in [0.25, 0.3) is 0 Å². The van der Waals surface area contributed by atoms with Crippen molar-refractivity contribution in [3.05, 3.63) is 29.3 Å². The van der Waals surface area contributed by atoms with Crippen molar-refractivity contribution in [2.75, 3.05) is 19.6 Å². The molecule has 0 atom stereocenters. The highest BCUT2D eigenvalue weighted by Gasteiger charge is 2.19. The minimum atomic E-state index is -0.341. The lowest BCUT2D eigenvalue weighted by Crippen LogP contribution is -2.40. The molecule has 19 heavy (non-hydrogen) atoms. The van der Waals surface area contributed by atoms with Gasteiger partial charge in [-0.05, 0) is 38.5 Å². The normalized spacial score (nSPS) is 10.1. The van der Waals surface area contributed by atoms with Crippen molar-refractivity contribution in [2.24, 2.45) is 0 Å². The third-order valence-electron chi connectivity index (χ3n) is 2.76. The van der Waals surface area contributed by atoms with Gasteiger partial charge in [-0.1, -0.05) is 6.07 Å². The number of amides is 2. The molecular weight excluding hydrogens is 244 g/mol. The summed E-state index contributed by atoms with van der Waals surface area (Å²) in [6.07, 6.45) is 0. The fourth-order valence-electron chi connectivity index (χ4n) is 1.75. The third-order valence-corrected chi connectivity index (χ3v) is 2.76. The third kappa shape index (κ3) is 3.98. The standard InChI is InChI=1S/C14H20N2O3/c1-4-15-13(18)9-16(5-2)14(19)11-7-6-10(3)8-12(11)17/h6-8,17H,4-5,9H2,1-3H3,(H,15,18). The minimum Gasteiger partial charge on any atom is -0.507 e. The Kier molecular flexibility index (Phi) is 5.36. The second-order valence-corrected chi connectivity index (χ2v) is 4.29. The largest absolute Gasteiger partial charge is 0.507 e. The first-order chi connectivity index (χ1) is 8.99. The van der Waals surface area contributed by atoms with E-state index in [9.17, 15) is 14.7 Å². The van der Waals surface area contributed by atoms with Gasteiger partial charge in [0.1, 0.15) is 5.75 Å². The highest BCUT2D eigenvalue weighted by Crippen LogP contribution is 2.20. The Bertz CT molecular complexity index is 472. The first-order valence-electron chi connectivity index (χ1n) is 6.35. The molecule has 0 bridgehead atoms. The molecule has 2 amide bonds. The van der Waals surface area contributed by atoms with Crippen LogP contribution in [0.3, 0.4) is 0 Å². The average molecular weight is 264 g/mol. The Balaban J connectivity index is 2.86. The molecule has 0 aliphatic rings. The molecule has 1 rings (SSSR count). The van der Waals surface area contributed by atoms with Crippen molar-refractivity contribution in [1.29, 1.82) is 0 Å². The number of benzene rings is 1. The highest BCUT2D eigenvalue weighted by atomic mass is 16.3. The van der Waals surface area contributed by atoms with Crippen LogP contribution in [0.1, 0.15) is 29.8 Å². The molecule has 0 saturated heterocycles. The second-order valence-electron chi connectivity index (χ2n) is 4.29. The summed E-state index contributed by atoms with van der Waals surface area (Å²) in [5.74, 6) is -0.602. The highest BCUT2D eigenvalue weighted by molar-refractivity contribution is 5.98. The molecule has 0 aromatic heterocycles. The van der Waals surface area contributed by atoms with Crippen molar-refractivity contribution in [2.45, 2.75) is 20.8 Å². The fourth-order valence-corrected chi connectivity index (χ4v) is 1.75. The van der Waals surface area contributed by atoms with Gasteiger partial charge in [-0.2, -0.15) is 0 Å². The number of aromatic hydroxyl groups is 1. The van der Waals surface area contributed by atoms with Gasteiger partial charge in [0.2, 0.25) is 5.91 Å². The number of phenolic OH excluding ortho intramolecular Hbond substituents is 1. The Morgan fingerprint density at radius 1 is 1.32 bits per heavy atom. The van der Waals surface area contributed by atoms with Gasteiger partial charge in [-0.3, -0.25) is 9.59 Å². The van der Waals surface area contributed by atoms with Gasteiger partial charge in [-0.25, -0.2) is 0 Å². The molecule has 0 fully saturated rings. The summed E-state index contributed by atoms with van der Waals surface area (Å²) < 4.78 is 0. The van der Waals surface area contributed by atoms with Crippen LogP contribution < -0.4 is 5.32 Å². The van der Waals surface area contributed by atoms with E-state index >= 15 is 0 Å². The van der Waals surface area contributed by atoms with Crippen LogP contribution >= 0.6 is 0 Å². The lowest BCUT2D eigenvalue weighted by atomic mass is 10.1. The quantitative estimate of drug-likeness (QED) is 0.842. The molecular formula is C14H20N2O3. The van der Waals surface area contributed by atoms with E-state index in [1.54, 1.807) is 19.1 Å². The average Bonchev–Trinajstić information content (AvgIpc) is 2.35. The summed E-state index contributed by atoms with van der Waals surface area (Å²) in [5, 5.41) is 12.4. The van der Waals surface area contributed by atoms with Gasteiger partial charge < -0.3 is 15.3 Å². The zero-order valence-corrected chi connectivity index (χ0v) is 11.6. The number of hydrogen-bond acceptors (Lipinski definition) is 3. The van der Waals surface area contributed by atoms with Gasteiger partial charge in [0.05, 0.1) is 12.1 Å². The first-order valence-corrected chi connectivity index (χ1v) is 6.35. The first kappa shape index (κ1) is 15.0. The number of carbonyl (C=O) groups is 2. The van der Waals surface area contributed by atoms with E-state index in [4.69, 9.17) is 0 Å². The molecule has 1 aromatic rings. The topological polar surface area (TPSA) is 69.6 Å². The van der Waals surface area contributed by atoms with Crippen LogP contribution in [0.2, 0.25) is 0 Å². The Hall–Kier alpha value is -2.04. The summed E-state index contributed by atoms with van der Waals surface area (Å²) in [7, 11) is 0. The monoisotopic (exact) mass is 264 g/mol. The number of hydrogen-bond donors (Lipinski definition) is 2. The van der Waals surface area contributed by atoms with Crippen molar-refractivity contribution in [1.82, 2.24) is 10.2 Å². The molecule has 104 valence electrons. The van der Waals surface area contributed by atoms with Crippen LogP contribution in [0.15, 0.2) is 18.2 Å². The van der Waals surface area contributed by atoms with Crippen LogP contribution in [-0.2, 0) is 4.79 Å². The molecule has 0 unspecified atom stereocenters. The molecule has 5 heteroatoms. The van der Waals surface area contributed by atoms with Crippen LogP contribution in [0, 0.1) is 6.92 Å². The van der Waals surface area contributed by atoms with Crippen LogP contribution in [-0.4, -0.2) is 41.5 Å². The van der Waals surface area contributed by atoms with Crippen molar-refractivity contribution >= 4 is 11.8 Å². The van der Waals surface area contributed by atoms with E-state index in [-0.39, 0.29) is 29.7 Å².